The highest BCUT2D eigenvalue weighted by molar-refractivity contribution is 5.79. The smallest absolute Gasteiger partial charge is 0.266 e. The lowest BCUT2D eigenvalue weighted by molar-refractivity contribution is -0.133. The molecule has 1 amide bonds. The van der Waals surface area contributed by atoms with E-state index in [0.717, 1.165) is 49.8 Å². The van der Waals surface area contributed by atoms with Crippen molar-refractivity contribution in [3.63, 3.8) is 0 Å². The molecular formula is C28H37N3O2. The quantitative estimate of drug-likeness (QED) is 0.322. The Labute approximate surface area is 197 Å². The highest BCUT2D eigenvalue weighted by Crippen LogP contribution is 2.25. The number of carbonyl (C=O) groups excluding carboxylic acids is 1. The molecule has 3 aromatic rings. The Kier molecular flexibility index (Phi) is 8.81. The average Bonchev–Trinajstić information content (AvgIpc) is 2.83. The van der Waals surface area contributed by atoms with Crippen LogP contribution in [0.5, 0.6) is 0 Å². The van der Waals surface area contributed by atoms with Gasteiger partial charge in [-0.3, -0.25) is 14.2 Å². The summed E-state index contributed by atoms with van der Waals surface area (Å²) in [5, 5.41) is 0.584. The largest absolute Gasteiger partial charge is 0.333 e. The van der Waals surface area contributed by atoms with Crippen LogP contribution in [-0.4, -0.2) is 26.9 Å². The van der Waals surface area contributed by atoms with Crippen molar-refractivity contribution >= 4 is 16.8 Å². The van der Waals surface area contributed by atoms with Gasteiger partial charge in [0.25, 0.3) is 5.56 Å². The first-order valence-corrected chi connectivity index (χ1v) is 12.4. The van der Waals surface area contributed by atoms with E-state index < -0.39 is 0 Å². The third-order valence-electron chi connectivity index (χ3n) is 6.25. The molecule has 5 heteroatoms. The molecule has 3 rings (SSSR count). The summed E-state index contributed by atoms with van der Waals surface area (Å²) >= 11 is 0. The Hall–Kier alpha value is -2.95. The normalized spacial score (nSPS) is 12.1. The molecule has 0 aliphatic carbocycles. The molecule has 0 aliphatic heterocycles. The number of amides is 1. The van der Waals surface area contributed by atoms with Crippen molar-refractivity contribution in [2.24, 2.45) is 0 Å². The molecule has 0 spiro atoms. The van der Waals surface area contributed by atoms with Gasteiger partial charge in [-0.25, -0.2) is 4.98 Å². The van der Waals surface area contributed by atoms with Gasteiger partial charge in [-0.15, -0.1) is 0 Å². The van der Waals surface area contributed by atoms with Crippen molar-refractivity contribution in [3.05, 3.63) is 70.3 Å². The van der Waals surface area contributed by atoms with Crippen LogP contribution in [0.4, 0.5) is 0 Å². The van der Waals surface area contributed by atoms with Crippen molar-refractivity contribution in [1.82, 2.24) is 14.5 Å². The van der Waals surface area contributed by atoms with E-state index in [0.29, 0.717) is 29.7 Å². The van der Waals surface area contributed by atoms with Crippen LogP contribution < -0.4 is 5.56 Å². The molecule has 1 heterocycles. The van der Waals surface area contributed by atoms with Gasteiger partial charge in [-0.2, -0.15) is 0 Å². The first-order valence-electron chi connectivity index (χ1n) is 12.4. The van der Waals surface area contributed by atoms with Crippen LogP contribution in [0.15, 0.2) is 53.3 Å². The minimum absolute atomic E-state index is 0.0988. The molecule has 1 unspecified atom stereocenters. The summed E-state index contributed by atoms with van der Waals surface area (Å²) in [7, 11) is 0. The zero-order chi connectivity index (χ0) is 23.8. The zero-order valence-electron chi connectivity index (χ0n) is 20.5. The van der Waals surface area contributed by atoms with E-state index in [4.69, 9.17) is 4.98 Å². The van der Waals surface area contributed by atoms with Crippen LogP contribution in [-0.2, 0) is 4.79 Å². The molecule has 1 atom stereocenters. The summed E-state index contributed by atoms with van der Waals surface area (Å²) in [5.74, 6) is 0.751. The van der Waals surface area contributed by atoms with E-state index >= 15 is 0 Å². The monoisotopic (exact) mass is 447 g/mol. The van der Waals surface area contributed by atoms with Gasteiger partial charge in [0.1, 0.15) is 5.82 Å². The number of para-hydroxylation sites is 1. The Morgan fingerprint density at radius 2 is 1.67 bits per heavy atom. The number of rotatable bonds is 11. The van der Waals surface area contributed by atoms with Gasteiger partial charge in [-0.1, -0.05) is 69.4 Å². The van der Waals surface area contributed by atoms with Crippen LogP contribution in [0.25, 0.3) is 16.6 Å². The molecule has 0 bridgehead atoms. The number of nitrogens with zero attached hydrogens (tertiary/aromatic N) is 3. The molecule has 2 aromatic carbocycles. The maximum atomic E-state index is 13.6. The van der Waals surface area contributed by atoms with Crippen LogP contribution in [0.3, 0.4) is 0 Å². The molecule has 0 saturated heterocycles. The number of hydrogen-bond acceptors (Lipinski definition) is 3. The van der Waals surface area contributed by atoms with Gasteiger partial charge in [0.2, 0.25) is 5.91 Å². The van der Waals surface area contributed by atoms with Gasteiger partial charge in [0, 0.05) is 13.0 Å². The molecule has 5 nitrogen and oxygen atoms in total. The number of aromatic nitrogens is 2. The summed E-state index contributed by atoms with van der Waals surface area (Å²) < 4.78 is 1.69. The lowest BCUT2D eigenvalue weighted by Crippen LogP contribution is -2.38. The summed E-state index contributed by atoms with van der Waals surface area (Å²) in [4.78, 5) is 33.7. The zero-order valence-corrected chi connectivity index (χ0v) is 20.5. The Morgan fingerprint density at radius 1 is 0.970 bits per heavy atom. The van der Waals surface area contributed by atoms with E-state index in [-0.39, 0.29) is 17.5 Å². The number of aryl methyl sites for hydroxylation is 1. The molecule has 0 saturated carbocycles. The van der Waals surface area contributed by atoms with Gasteiger partial charge in [-0.05, 0) is 51.0 Å². The molecule has 1 aromatic heterocycles. The number of fused-ring (bicyclic) bond motifs is 1. The van der Waals surface area contributed by atoms with Crippen molar-refractivity contribution in [1.29, 1.82) is 0 Å². The second-order valence-corrected chi connectivity index (χ2v) is 8.89. The average molecular weight is 448 g/mol. The molecule has 33 heavy (non-hydrogen) atoms. The van der Waals surface area contributed by atoms with Crippen LogP contribution in [0, 0.1) is 6.92 Å². The highest BCUT2D eigenvalue weighted by atomic mass is 16.2. The standard InChI is InChI=1S/C28H37N3O2/c1-5-7-9-12-20-30(26(32)15-8-6-2)22(4)27-29-25-14-11-10-13-24(25)28(33)31(27)23-18-16-21(3)17-19-23/h10-11,13-14,16-19,22H,5-9,12,15,20H2,1-4H3. The minimum atomic E-state index is -0.311. The first-order chi connectivity index (χ1) is 16.0. The maximum absolute atomic E-state index is 13.6. The Morgan fingerprint density at radius 3 is 2.36 bits per heavy atom. The molecule has 0 fully saturated rings. The van der Waals surface area contributed by atoms with Gasteiger partial charge >= 0.3 is 0 Å². The summed E-state index contributed by atoms with van der Waals surface area (Å²) in [6.45, 7) is 9.00. The van der Waals surface area contributed by atoms with Gasteiger partial charge in [0.15, 0.2) is 0 Å². The molecular weight excluding hydrogens is 410 g/mol. The molecule has 176 valence electrons. The number of hydrogen-bond donors (Lipinski definition) is 0. The summed E-state index contributed by atoms with van der Waals surface area (Å²) in [6.07, 6.45) is 6.73. The van der Waals surface area contributed by atoms with Gasteiger partial charge in [0.05, 0.1) is 22.6 Å². The first kappa shape index (κ1) is 24.7. The lowest BCUT2D eigenvalue weighted by Gasteiger charge is -2.31. The summed E-state index contributed by atoms with van der Waals surface area (Å²) in [6, 6.07) is 15.0. The van der Waals surface area contributed by atoms with Crippen molar-refractivity contribution < 1.29 is 4.79 Å². The van der Waals surface area contributed by atoms with Crippen molar-refractivity contribution in [3.8, 4) is 5.69 Å². The van der Waals surface area contributed by atoms with E-state index in [1.807, 2.05) is 67.3 Å². The highest BCUT2D eigenvalue weighted by Gasteiger charge is 2.26. The third-order valence-corrected chi connectivity index (χ3v) is 6.25. The fraction of sp³-hybridized carbons (Fsp3) is 0.464. The van der Waals surface area contributed by atoms with E-state index in [2.05, 4.69) is 13.8 Å². The third kappa shape index (κ3) is 5.89. The topological polar surface area (TPSA) is 55.2 Å². The second kappa shape index (κ2) is 11.8. The molecule has 0 aliphatic rings. The predicted molar refractivity (Wildman–Crippen MR) is 136 cm³/mol. The number of carbonyl (C=O) groups is 1. The van der Waals surface area contributed by atoms with E-state index in [1.165, 1.54) is 0 Å². The van der Waals surface area contributed by atoms with Crippen LogP contribution in [0.2, 0.25) is 0 Å². The van der Waals surface area contributed by atoms with E-state index in [1.54, 1.807) is 4.57 Å². The predicted octanol–water partition coefficient (Wildman–Crippen LogP) is 6.35. The second-order valence-electron chi connectivity index (χ2n) is 8.89. The maximum Gasteiger partial charge on any atom is 0.266 e. The van der Waals surface area contributed by atoms with Crippen LogP contribution in [0.1, 0.15) is 83.1 Å². The van der Waals surface area contributed by atoms with Gasteiger partial charge < -0.3 is 4.90 Å². The number of unbranched alkanes of at least 4 members (excludes halogenated alkanes) is 4. The fourth-order valence-electron chi connectivity index (χ4n) is 4.23. The fourth-order valence-corrected chi connectivity index (χ4v) is 4.23. The van der Waals surface area contributed by atoms with Crippen molar-refractivity contribution in [2.45, 2.75) is 78.7 Å². The Bertz CT molecular complexity index is 1120. The lowest BCUT2D eigenvalue weighted by atomic mass is 10.1. The molecule has 0 radical (unpaired) electrons. The summed E-state index contributed by atoms with van der Waals surface area (Å²) in [5.41, 5.74) is 2.47. The SMILES string of the molecule is CCCCCCN(C(=O)CCCC)C(C)c1nc2ccccc2c(=O)n1-c1ccc(C)cc1. The van der Waals surface area contributed by atoms with Crippen molar-refractivity contribution in [2.75, 3.05) is 6.54 Å². The Balaban J connectivity index is 2.10. The van der Waals surface area contributed by atoms with E-state index in [9.17, 15) is 9.59 Å². The minimum Gasteiger partial charge on any atom is -0.333 e. The number of benzene rings is 2. The van der Waals surface area contributed by atoms with Crippen LogP contribution >= 0.6 is 0 Å². The molecule has 0 N–H and O–H groups in total.